The summed E-state index contributed by atoms with van der Waals surface area (Å²) in [4.78, 5) is 12.7. The first-order valence-electron chi connectivity index (χ1n) is 8.35. The number of phenols is 1. The molecule has 0 spiro atoms. The molecule has 0 heterocycles. The maximum Gasteiger partial charge on any atom is 0.193 e. The van der Waals surface area contributed by atoms with E-state index in [4.69, 9.17) is 9.47 Å². The zero-order valence-corrected chi connectivity index (χ0v) is 15.6. The number of carbonyl (C=O) groups is 1. The fraction of sp³-hybridized carbons (Fsp3) is 0.227. The van der Waals surface area contributed by atoms with Crippen LogP contribution in [0, 0.1) is 0 Å². The summed E-state index contributed by atoms with van der Waals surface area (Å²) in [5, 5.41) is 10.7. The summed E-state index contributed by atoms with van der Waals surface area (Å²) in [6.45, 7) is 3.95. The lowest BCUT2D eigenvalue weighted by Gasteiger charge is -2.15. The third-order valence-corrected chi connectivity index (χ3v) is 3.96. The van der Waals surface area contributed by atoms with E-state index in [1.54, 1.807) is 12.1 Å². The number of phenolic OH excluding ortho intramolecular Hbond substituents is 1. The highest BCUT2D eigenvalue weighted by molar-refractivity contribution is 6.11. The molecule has 0 bridgehead atoms. The van der Waals surface area contributed by atoms with E-state index in [-0.39, 0.29) is 22.8 Å². The molecular weight excluding hydrogens is 328 g/mol. The van der Waals surface area contributed by atoms with Crippen LogP contribution in [-0.4, -0.2) is 25.1 Å². The maximum atomic E-state index is 12.7. The van der Waals surface area contributed by atoms with Crippen molar-refractivity contribution in [2.75, 3.05) is 14.2 Å². The minimum atomic E-state index is -0.329. The van der Waals surface area contributed by atoms with E-state index in [0.29, 0.717) is 17.7 Å². The number of methoxy groups -OCH3 is 2. The number of ether oxygens (including phenoxy) is 2. The van der Waals surface area contributed by atoms with E-state index < -0.39 is 0 Å². The van der Waals surface area contributed by atoms with Gasteiger partial charge in [-0.2, -0.15) is 0 Å². The summed E-state index contributed by atoms with van der Waals surface area (Å²) < 4.78 is 10.7. The van der Waals surface area contributed by atoms with Crippen molar-refractivity contribution >= 4 is 11.9 Å². The second-order valence-electron chi connectivity index (χ2n) is 6.08. The predicted molar refractivity (Wildman–Crippen MR) is 104 cm³/mol. The summed E-state index contributed by atoms with van der Waals surface area (Å²) in [6.07, 6.45) is 5.58. The Morgan fingerprint density at radius 2 is 1.73 bits per heavy atom. The fourth-order valence-corrected chi connectivity index (χ4v) is 2.57. The molecule has 26 heavy (non-hydrogen) atoms. The Bertz CT molecular complexity index is 829. The lowest BCUT2D eigenvalue weighted by atomic mass is 9.99. The molecule has 2 aromatic rings. The van der Waals surface area contributed by atoms with Gasteiger partial charge in [-0.1, -0.05) is 48.1 Å². The number of allylic oxidation sites excluding steroid dienone is 3. The minimum Gasteiger partial charge on any atom is -0.507 e. The number of hydrogen-bond acceptors (Lipinski definition) is 4. The quantitative estimate of drug-likeness (QED) is 0.441. The zero-order chi connectivity index (χ0) is 19.1. The highest BCUT2D eigenvalue weighted by Gasteiger charge is 2.22. The minimum absolute atomic E-state index is 0.110. The summed E-state index contributed by atoms with van der Waals surface area (Å²) in [6, 6.07) is 11.1. The Balaban J connectivity index is 2.48. The molecule has 0 aliphatic carbocycles. The maximum absolute atomic E-state index is 12.7. The van der Waals surface area contributed by atoms with Gasteiger partial charge in [0.25, 0.3) is 0 Å². The van der Waals surface area contributed by atoms with Crippen molar-refractivity contribution in [1.82, 2.24) is 0 Å². The highest BCUT2D eigenvalue weighted by atomic mass is 16.5. The van der Waals surface area contributed by atoms with Gasteiger partial charge in [0.05, 0.1) is 14.2 Å². The number of ketones is 1. The van der Waals surface area contributed by atoms with E-state index in [9.17, 15) is 9.90 Å². The molecule has 0 aliphatic rings. The second kappa shape index (κ2) is 8.90. The Morgan fingerprint density at radius 3 is 2.31 bits per heavy atom. The van der Waals surface area contributed by atoms with Crippen molar-refractivity contribution in [3.8, 4) is 17.2 Å². The van der Waals surface area contributed by atoms with Crippen LogP contribution in [0.4, 0.5) is 0 Å². The van der Waals surface area contributed by atoms with Crippen LogP contribution in [0.25, 0.3) is 6.08 Å². The van der Waals surface area contributed by atoms with Gasteiger partial charge in [-0.15, -0.1) is 0 Å². The van der Waals surface area contributed by atoms with Crippen molar-refractivity contribution in [3.05, 3.63) is 70.8 Å². The lowest BCUT2D eigenvalue weighted by molar-refractivity contribution is 0.104. The summed E-state index contributed by atoms with van der Waals surface area (Å²) in [5.41, 5.74) is 2.71. The Kier molecular flexibility index (Phi) is 6.61. The monoisotopic (exact) mass is 352 g/mol. The second-order valence-corrected chi connectivity index (χ2v) is 6.08. The van der Waals surface area contributed by atoms with Crippen molar-refractivity contribution in [2.24, 2.45) is 0 Å². The number of benzene rings is 2. The first-order chi connectivity index (χ1) is 12.5. The third kappa shape index (κ3) is 4.54. The average molecular weight is 352 g/mol. The fourth-order valence-electron chi connectivity index (χ4n) is 2.57. The summed E-state index contributed by atoms with van der Waals surface area (Å²) in [5.74, 6) is 0.328. The van der Waals surface area contributed by atoms with Gasteiger partial charge in [0.2, 0.25) is 0 Å². The van der Waals surface area contributed by atoms with Crippen LogP contribution in [-0.2, 0) is 6.42 Å². The zero-order valence-electron chi connectivity index (χ0n) is 15.6. The predicted octanol–water partition coefficient (Wildman–Crippen LogP) is 4.81. The molecule has 2 rings (SSSR count). The molecule has 0 saturated carbocycles. The topological polar surface area (TPSA) is 55.8 Å². The molecule has 0 amide bonds. The van der Waals surface area contributed by atoms with Gasteiger partial charge in [0, 0.05) is 11.6 Å². The first kappa shape index (κ1) is 19.3. The largest absolute Gasteiger partial charge is 0.507 e. The van der Waals surface area contributed by atoms with Crippen molar-refractivity contribution in [3.63, 3.8) is 0 Å². The number of hydrogen-bond donors (Lipinski definition) is 1. The number of rotatable bonds is 7. The normalized spacial score (nSPS) is 10.6. The molecular formula is C22H24O4. The Morgan fingerprint density at radius 1 is 1.08 bits per heavy atom. The van der Waals surface area contributed by atoms with Crippen LogP contribution in [0.2, 0.25) is 0 Å². The first-order valence-corrected chi connectivity index (χ1v) is 8.35. The van der Waals surface area contributed by atoms with E-state index >= 15 is 0 Å². The Hall–Kier alpha value is -3.01. The molecule has 0 fully saturated rings. The number of aromatic hydroxyl groups is 1. The summed E-state index contributed by atoms with van der Waals surface area (Å²) in [7, 11) is 2.98. The van der Waals surface area contributed by atoms with Gasteiger partial charge in [-0.3, -0.25) is 4.79 Å². The lowest BCUT2D eigenvalue weighted by Crippen LogP contribution is -2.04. The van der Waals surface area contributed by atoms with Crippen LogP contribution in [0.3, 0.4) is 0 Å². The van der Waals surface area contributed by atoms with E-state index in [1.165, 1.54) is 20.3 Å². The molecule has 4 nitrogen and oxygen atoms in total. The molecule has 0 aromatic heterocycles. The van der Waals surface area contributed by atoms with Crippen LogP contribution in [0.5, 0.6) is 17.2 Å². The molecule has 136 valence electrons. The van der Waals surface area contributed by atoms with Crippen LogP contribution in [0.1, 0.15) is 35.3 Å². The van der Waals surface area contributed by atoms with Gasteiger partial charge in [-0.05, 0) is 31.9 Å². The molecule has 1 N–H and O–H groups in total. The molecule has 0 atom stereocenters. The molecule has 0 saturated heterocycles. The van der Waals surface area contributed by atoms with Crippen LogP contribution >= 0.6 is 0 Å². The molecule has 0 unspecified atom stereocenters. The SMILES string of the molecule is COc1cc(OC)c(C(=O)C=Cc2ccccc2)c(O)c1CC=C(C)C. The highest BCUT2D eigenvalue weighted by Crippen LogP contribution is 2.39. The van der Waals surface area contributed by atoms with Crippen LogP contribution in [0.15, 0.2) is 54.1 Å². The van der Waals surface area contributed by atoms with Gasteiger partial charge in [0.15, 0.2) is 5.78 Å². The number of carbonyl (C=O) groups excluding carboxylic acids is 1. The van der Waals surface area contributed by atoms with Gasteiger partial charge in [0.1, 0.15) is 22.8 Å². The van der Waals surface area contributed by atoms with Crippen LogP contribution < -0.4 is 9.47 Å². The van der Waals surface area contributed by atoms with Gasteiger partial charge >= 0.3 is 0 Å². The molecule has 0 radical (unpaired) electrons. The standard InChI is InChI=1S/C22H24O4/c1-15(2)10-12-17-19(25-3)14-20(26-4)21(22(17)24)18(23)13-11-16-8-6-5-7-9-16/h5-11,13-14,24H,12H2,1-4H3. The average Bonchev–Trinajstić information content (AvgIpc) is 2.64. The molecule has 4 heteroatoms. The van der Waals surface area contributed by atoms with Gasteiger partial charge in [-0.25, -0.2) is 0 Å². The van der Waals surface area contributed by atoms with E-state index in [2.05, 4.69) is 0 Å². The summed E-state index contributed by atoms with van der Waals surface area (Å²) >= 11 is 0. The van der Waals surface area contributed by atoms with E-state index in [0.717, 1.165) is 11.1 Å². The van der Waals surface area contributed by atoms with E-state index in [1.807, 2.05) is 50.3 Å². The molecule has 2 aromatic carbocycles. The van der Waals surface area contributed by atoms with Gasteiger partial charge < -0.3 is 14.6 Å². The Labute approximate surface area is 154 Å². The van der Waals surface area contributed by atoms with Crippen molar-refractivity contribution in [1.29, 1.82) is 0 Å². The van der Waals surface area contributed by atoms with Crippen molar-refractivity contribution in [2.45, 2.75) is 20.3 Å². The third-order valence-electron chi connectivity index (χ3n) is 3.96. The van der Waals surface area contributed by atoms with Crippen molar-refractivity contribution < 1.29 is 19.4 Å². The molecule has 0 aliphatic heterocycles. The smallest absolute Gasteiger partial charge is 0.193 e.